The van der Waals surface area contributed by atoms with E-state index < -0.39 is 17.7 Å². The van der Waals surface area contributed by atoms with E-state index in [2.05, 4.69) is 15.0 Å². The number of rotatable bonds is 4. The molecule has 0 radical (unpaired) electrons. The van der Waals surface area contributed by atoms with E-state index in [1.807, 2.05) is 13.8 Å². The molecule has 1 aliphatic rings. The average molecular weight is 405 g/mol. The van der Waals surface area contributed by atoms with Crippen LogP contribution in [-0.2, 0) is 0 Å². The maximum absolute atomic E-state index is 12.7. The number of hydrogen-bond donors (Lipinski definition) is 1. The minimum atomic E-state index is -4.38. The Hall–Kier alpha value is -3.29. The molecule has 1 aliphatic carbocycles. The van der Waals surface area contributed by atoms with E-state index in [0.717, 1.165) is 12.2 Å². The van der Waals surface area contributed by atoms with Gasteiger partial charge in [-0.2, -0.15) is 13.2 Å². The molecule has 1 aromatic carbocycles. The number of carbonyl (C=O) groups is 1. The molecule has 0 spiro atoms. The molecule has 5 nitrogen and oxygen atoms in total. The van der Waals surface area contributed by atoms with Crippen LogP contribution in [0.1, 0.15) is 36.2 Å². The van der Waals surface area contributed by atoms with Gasteiger partial charge in [-0.15, -0.1) is 0 Å². The molecule has 154 valence electrons. The molecular formula is C21H22F3N3O2. The molecule has 0 aromatic heterocycles. The molecular weight excluding hydrogens is 383 g/mol. The van der Waals surface area contributed by atoms with Crippen molar-refractivity contribution in [3.8, 4) is 0 Å². The molecule has 1 N–H and O–H groups in total. The zero-order valence-electron chi connectivity index (χ0n) is 16.3. The molecule has 0 saturated carbocycles. The van der Waals surface area contributed by atoms with Gasteiger partial charge in [0.2, 0.25) is 0 Å². The maximum atomic E-state index is 12.7. The van der Waals surface area contributed by atoms with E-state index >= 15 is 0 Å². The average Bonchev–Trinajstić information content (AvgIpc) is 2.95. The summed E-state index contributed by atoms with van der Waals surface area (Å²) in [7, 11) is 1.50. The van der Waals surface area contributed by atoms with Crippen LogP contribution in [0.3, 0.4) is 0 Å². The number of halogens is 3. The molecule has 0 fully saturated rings. The van der Waals surface area contributed by atoms with Crippen molar-refractivity contribution in [2.24, 2.45) is 15.0 Å². The highest BCUT2D eigenvalue weighted by Crippen LogP contribution is 2.28. The lowest BCUT2D eigenvalue weighted by atomic mass is 10.1. The number of alkyl halides is 3. The lowest BCUT2D eigenvalue weighted by molar-refractivity contribution is -0.0883. The van der Waals surface area contributed by atoms with Gasteiger partial charge in [0.25, 0.3) is 0 Å². The lowest BCUT2D eigenvalue weighted by Crippen LogP contribution is -2.09. The van der Waals surface area contributed by atoms with Crippen molar-refractivity contribution in [3.05, 3.63) is 70.8 Å². The fraction of sp³-hybridized carbons (Fsp3) is 0.238. The number of aliphatic imine (C=N–C) groups is 3. The molecule has 0 atom stereocenters. The first-order chi connectivity index (χ1) is 13.8. The Morgan fingerprint density at radius 2 is 1.83 bits per heavy atom. The highest BCUT2D eigenvalue weighted by molar-refractivity contribution is 6.05. The van der Waals surface area contributed by atoms with Crippen molar-refractivity contribution in [1.29, 1.82) is 0 Å². The number of benzene rings is 1. The zero-order chi connectivity index (χ0) is 21.9. The number of carboxylic acid groups (broad SMARTS) is 1. The first-order valence-electron chi connectivity index (χ1n) is 8.83. The highest BCUT2D eigenvalue weighted by Gasteiger charge is 2.31. The zero-order valence-corrected chi connectivity index (χ0v) is 16.3. The summed E-state index contributed by atoms with van der Waals surface area (Å²) in [6.45, 7) is 4.00. The number of carboxylic acids is 1. The number of nitrogens with zero attached hydrogens (tertiary/aromatic N) is 3. The van der Waals surface area contributed by atoms with Gasteiger partial charge in [0.05, 0.1) is 11.1 Å². The summed E-state index contributed by atoms with van der Waals surface area (Å²) >= 11 is 0. The van der Waals surface area contributed by atoms with Gasteiger partial charge in [0, 0.05) is 18.8 Å². The molecule has 0 saturated heterocycles. The van der Waals surface area contributed by atoms with Crippen LogP contribution in [0.2, 0.25) is 0 Å². The van der Waals surface area contributed by atoms with Crippen LogP contribution >= 0.6 is 0 Å². The van der Waals surface area contributed by atoms with E-state index in [1.54, 1.807) is 18.2 Å². The summed E-state index contributed by atoms with van der Waals surface area (Å²) < 4.78 is 38.0. The van der Waals surface area contributed by atoms with Gasteiger partial charge >= 0.3 is 12.1 Å². The molecule has 8 heteroatoms. The Labute approximate surface area is 167 Å². The van der Waals surface area contributed by atoms with Crippen molar-refractivity contribution >= 4 is 24.4 Å². The van der Waals surface area contributed by atoms with Gasteiger partial charge in [0.15, 0.2) is 5.84 Å². The Morgan fingerprint density at radius 3 is 2.45 bits per heavy atom. The van der Waals surface area contributed by atoms with Crippen molar-refractivity contribution in [1.82, 2.24) is 0 Å². The number of aromatic carboxylic acids is 1. The normalized spacial score (nSPS) is 14.9. The van der Waals surface area contributed by atoms with Crippen LogP contribution in [-0.4, -0.2) is 42.7 Å². The highest BCUT2D eigenvalue weighted by atomic mass is 19.4. The molecule has 0 heterocycles. The summed E-state index contributed by atoms with van der Waals surface area (Å²) in [5.41, 5.74) is 0.430. The van der Waals surface area contributed by atoms with Crippen molar-refractivity contribution in [2.75, 3.05) is 7.05 Å². The number of hydrogen-bond acceptors (Lipinski definition) is 2. The molecule has 1 aromatic rings. The van der Waals surface area contributed by atoms with Gasteiger partial charge in [-0.3, -0.25) is 4.99 Å². The minimum Gasteiger partial charge on any atom is -0.478 e. The fourth-order valence-electron chi connectivity index (χ4n) is 2.21. The monoisotopic (exact) mass is 405 g/mol. The van der Waals surface area contributed by atoms with E-state index in [1.165, 1.54) is 37.8 Å². The first kappa shape index (κ1) is 23.7. The van der Waals surface area contributed by atoms with Crippen LogP contribution < -0.4 is 0 Å². The Kier molecular flexibility index (Phi) is 9.44. The van der Waals surface area contributed by atoms with Crippen LogP contribution in [0.4, 0.5) is 13.2 Å². The van der Waals surface area contributed by atoms with E-state index in [4.69, 9.17) is 5.11 Å². The predicted molar refractivity (Wildman–Crippen MR) is 110 cm³/mol. The predicted octanol–water partition coefficient (Wildman–Crippen LogP) is 5.26. The second kappa shape index (κ2) is 11.5. The lowest BCUT2D eigenvalue weighted by Gasteiger charge is -2.05. The summed E-state index contributed by atoms with van der Waals surface area (Å²) in [6.07, 6.45) is 3.38. The van der Waals surface area contributed by atoms with Gasteiger partial charge in [-0.1, -0.05) is 44.2 Å². The maximum Gasteiger partial charge on any atom is 0.416 e. The summed E-state index contributed by atoms with van der Waals surface area (Å²) in [6, 6.07) is 6.13. The smallest absolute Gasteiger partial charge is 0.416 e. The summed E-state index contributed by atoms with van der Waals surface area (Å²) in [5.74, 6) is -0.783. The van der Waals surface area contributed by atoms with Crippen LogP contribution in [0, 0.1) is 0 Å². The fourth-order valence-corrected chi connectivity index (χ4v) is 2.21. The Bertz CT molecular complexity index is 893. The van der Waals surface area contributed by atoms with Crippen molar-refractivity contribution in [2.45, 2.75) is 26.4 Å². The third kappa shape index (κ3) is 7.69. The summed E-state index contributed by atoms with van der Waals surface area (Å²) in [4.78, 5) is 23.0. The Balaban J connectivity index is 0.00000204. The second-order valence-electron chi connectivity index (χ2n) is 5.39. The number of allylic oxidation sites excluding steroid dienone is 6. The van der Waals surface area contributed by atoms with Crippen LogP contribution in [0.25, 0.3) is 0 Å². The largest absolute Gasteiger partial charge is 0.478 e. The summed E-state index contributed by atoms with van der Waals surface area (Å²) in [5, 5.41) is 9.02. The third-order valence-electron chi connectivity index (χ3n) is 3.52. The van der Waals surface area contributed by atoms with Gasteiger partial charge < -0.3 is 5.11 Å². The SMILES string of the molecule is CC.CN=C(N=CN=CC1=CCC=C(C(F)(F)F)C=C1)c1cccc(C(=O)O)c1. The van der Waals surface area contributed by atoms with Crippen molar-refractivity contribution < 1.29 is 23.1 Å². The van der Waals surface area contributed by atoms with Crippen LogP contribution in [0.15, 0.2) is 74.7 Å². The van der Waals surface area contributed by atoms with Gasteiger partial charge in [0.1, 0.15) is 6.34 Å². The topological polar surface area (TPSA) is 74.4 Å². The number of amidine groups is 1. The van der Waals surface area contributed by atoms with Crippen molar-refractivity contribution in [3.63, 3.8) is 0 Å². The van der Waals surface area contributed by atoms with E-state index in [9.17, 15) is 18.0 Å². The first-order valence-corrected chi connectivity index (χ1v) is 8.83. The third-order valence-corrected chi connectivity index (χ3v) is 3.52. The Morgan fingerprint density at radius 1 is 1.14 bits per heavy atom. The molecule has 0 amide bonds. The molecule has 0 unspecified atom stereocenters. The molecule has 0 aliphatic heterocycles. The standard InChI is InChI=1S/C19H16F3N3O2.C2H6/c1-23-17(14-5-3-6-15(10-14)18(26)27)25-12-24-11-13-4-2-7-16(9-8-13)19(20,21)22;1-2/h3-12H,2H2,1H3,(H,26,27);1-2H3. The van der Waals surface area contributed by atoms with E-state index in [-0.39, 0.29) is 17.8 Å². The van der Waals surface area contributed by atoms with E-state index in [0.29, 0.717) is 11.1 Å². The molecule has 29 heavy (non-hydrogen) atoms. The second-order valence-corrected chi connectivity index (χ2v) is 5.39. The van der Waals surface area contributed by atoms with Gasteiger partial charge in [-0.05, 0) is 30.2 Å². The quantitative estimate of drug-likeness (QED) is 0.548. The molecule has 0 bridgehead atoms. The van der Waals surface area contributed by atoms with Gasteiger partial charge in [-0.25, -0.2) is 14.8 Å². The van der Waals surface area contributed by atoms with Crippen LogP contribution in [0.5, 0.6) is 0 Å². The minimum absolute atomic E-state index is 0.106. The molecule has 2 rings (SSSR count).